The van der Waals surface area contributed by atoms with Gasteiger partial charge in [0.2, 0.25) is 0 Å². The summed E-state index contributed by atoms with van der Waals surface area (Å²) < 4.78 is 2.45. The summed E-state index contributed by atoms with van der Waals surface area (Å²) in [6.45, 7) is 2.12. The molecule has 23 heavy (non-hydrogen) atoms. The first-order chi connectivity index (χ1) is 11.3. The van der Waals surface area contributed by atoms with Crippen molar-refractivity contribution in [2.75, 3.05) is 0 Å². The first kappa shape index (κ1) is 13.2. The van der Waals surface area contributed by atoms with Crippen molar-refractivity contribution in [1.82, 2.24) is 9.97 Å². The first-order valence-corrected chi connectivity index (χ1v) is 9.11. The normalized spacial score (nSPS) is 11.7. The standard InChI is InChI=1S/C19H12N2S2/c1-11-6-16(22-9-11)18-19-17(20-10-21-18)14-7-12-4-2-3-5-13(12)8-15(14)23-19/h2-10H,1H3. The van der Waals surface area contributed by atoms with E-state index in [1.165, 1.54) is 36.0 Å². The van der Waals surface area contributed by atoms with Crippen molar-refractivity contribution in [3.05, 3.63) is 59.7 Å². The molecule has 0 saturated heterocycles. The second-order valence-electron chi connectivity index (χ2n) is 5.69. The molecule has 0 aliphatic heterocycles. The molecule has 0 fully saturated rings. The number of benzene rings is 2. The topological polar surface area (TPSA) is 25.8 Å². The summed E-state index contributed by atoms with van der Waals surface area (Å²) >= 11 is 3.54. The number of rotatable bonds is 1. The lowest BCUT2D eigenvalue weighted by Gasteiger charge is -1.98. The Balaban J connectivity index is 1.90. The molecule has 2 nitrogen and oxygen atoms in total. The van der Waals surface area contributed by atoms with Gasteiger partial charge in [0.15, 0.2) is 0 Å². The minimum atomic E-state index is 1.05. The fourth-order valence-electron chi connectivity index (χ4n) is 2.99. The maximum Gasteiger partial charge on any atom is 0.116 e. The van der Waals surface area contributed by atoms with Gasteiger partial charge >= 0.3 is 0 Å². The summed E-state index contributed by atoms with van der Waals surface area (Å²) in [7, 11) is 0. The van der Waals surface area contributed by atoms with Crippen LogP contribution >= 0.6 is 22.7 Å². The third-order valence-corrected chi connectivity index (χ3v) is 6.29. The van der Waals surface area contributed by atoms with Crippen molar-refractivity contribution < 1.29 is 0 Å². The van der Waals surface area contributed by atoms with Crippen LogP contribution in [0.15, 0.2) is 54.2 Å². The van der Waals surface area contributed by atoms with E-state index in [9.17, 15) is 0 Å². The summed E-state index contributed by atoms with van der Waals surface area (Å²) in [5.74, 6) is 0. The Hall–Kier alpha value is -2.30. The lowest BCUT2D eigenvalue weighted by atomic mass is 10.1. The van der Waals surface area contributed by atoms with Crippen LogP contribution in [0.3, 0.4) is 0 Å². The zero-order valence-electron chi connectivity index (χ0n) is 12.4. The average Bonchev–Trinajstić information content (AvgIpc) is 3.16. The second-order valence-corrected chi connectivity index (χ2v) is 7.65. The number of fused-ring (bicyclic) bond motifs is 4. The monoisotopic (exact) mass is 332 g/mol. The molecule has 0 saturated carbocycles. The zero-order valence-corrected chi connectivity index (χ0v) is 14.0. The van der Waals surface area contributed by atoms with E-state index in [1.807, 2.05) is 0 Å². The van der Waals surface area contributed by atoms with Crippen molar-refractivity contribution in [2.24, 2.45) is 0 Å². The Morgan fingerprint density at radius 1 is 0.957 bits per heavy atom. The molecule has 4 heteroatoms. The van der Waals surface area contributed by atoms with Gasteiger partial charge in [-0.2, -0.15) is 0 Å². The molecule has 0 N–H and O–H groups in total. The van der Waals surface area contributed by atoms with Crippen molar-refractivity contribution in [3.63, 3.8) is 0 Å². The van der Waals surface area contributed by atoms with Gasteiger partial charge in [-0.25, -0.2) is 9.97 Å². The molecule has 3 aromatic heterocycles. The van der Waals surface area contributed by atoms with Crippen LogP contribution in [0, 0.1) is 6.92 Å². The summed E-state index contributed by atoms with van der Waals surface area (Å²) in [5, 5.41) is 5.92. The summed E-state index contributed by atoms with van der Waals surface area (Å²) in [5.41, 5.74) is 3.40. The number of aromatic nitrogens is 2. The fraction of sp³-hybridized carbons (Fsp3) is 0.0526. The second kappa shape index (κ2) is 4.85. The smallest absolute Gasteiger partial charge is 0.116 e. The minimum Gasteiger partial charge on any atom is -0.235 e. The maximum atomic E-state index is 4.57. The molecule has 5 aromatic rings. The highest BCUT2D eigenvalue weighted by molar-refractivity contribution is 7.26. The molecule has 3 heterocycles. The zero-order chi connectivity index (χ0) is 15.4. The summed E-state index contributed by atoms with van der Waals surface area (Å²) in [6, 6.07) is 15.2. The van der Waals surface area contributed by atoms with Crippen molar-refractivity contribution >= 4 is 53.7 Å². The largest absolute Gasteiger partial charge is 0.235 e. The molecular formula is C19H12N2S2. The Bertz CT molecular complexity index is 1180. The van der Waals surface area contributed by atoms with Gasteiger partial charge in [0.25, 0.3) is 0 Å². The Morgan fingerprint density at radius 2 is 1.78 bits per heavy atom. The highest BCUT2D eigenvalue weighted by Crippen LogP contribution is 2.40. The van der Waals surface area contributed by atoms with Crippen LogP contribution in [0.2, 0.25) is 0 Å². The molecule has 0 spiro atoms. The SMILES string of the molecule is Cc1csc(-c2ncnc3c2sc2cc4ccccc4cc23)c1. The number of nitrogens with zero attached hydrogens (tertiary/aromatic N) is 2. The van der Waals surface area contributed by atoms with Crippen LogP contribution in [0.1, 0.15) is 5.56 Å². The number of aryl methyl sites for hydroxylation is 1. The van der Waals surface area contributed by atoms with Gasteiger partial charge in [-0.05, 0) is 46.8 Å². The lowest BCUT2D eigenvalue weighted by Crippen LogP contribution is -1.83. The molecule has 0 radical (unpaired) electrons. The summed E-state index contributed by atoms with van der Waals surface area (Å²) in [4.78, 5) is 10.4. The third-order valence-electron chi connectivity index (χ3n) is 4.08. The van der Waals surface area contributed by atoms with Gasteiger partial charge in [-0.1, -0.05) is 24.3 Å². The van der Waals surface area contributed by atoms with E-state index in [1.54, 1.807) is 29.0 Å². The molecule has 0 amide bonds. The fourth-order valence-corrected chi connectivity index (χ4v) is 5.15. The molecule has 0 aliphatic carbocycles. The molecule has 0 bridgehead atoms. The van der Waals surface area contributed by atoms with E-state index in [2.05, 4.69) is 64.7 Å². The van der Waals surface area contributed by atoms with Crippen LogP contribution in [0.25, 0.3) is 41.6 Å². The van der Waals surface area contributed by atoms with Gasteiger partial charge in [0.05, 0.1) is 15.1 Å². The highest BCUT2D eigenvalue weighted by atomic mass is 32.1. The Kier molecular flexibility index (Phi) is 2.77. The average molecular weight is 332 g/mol. The first-order valence-electron chi connectivity index (χ1n) is 7.41. The van der Waals surface area contributed by atoms with Gasteiger partial charge in [-0.3, -0.25) is 0 Å². The molecule has 0 aliphatic rings. The predicted molar refractivity (Wildman–Crippen MR) is 100 cm³/mol. The molecule has 0 atom stereocenters. The Morgan fingerprint density at radius 3 is 2.57 bits per heavy atom. The molecular weight excluding hydrogens is 320 g/mol. The van der Waals surface area contributed by atoms with Gasteiger partial charge in [0.1, 0.15) is 12.0 Å². The van der Waals surface area contributed by atoms with Crippen molar-refractivity contribution in [1.29, 1.82) is 0 Å². The van der Waals surface area contributed by atoms with Crippen LogP contribution in [-0.4, -0.2) is 9.97 Å². The van der Waals surface area contributed by atoms with E-state index in [0.29, 0.717) is 0 Å². The third kappa shape index (κ3) is 1.99. The quantitative estimate of drug-likeness (QED) is 0.374. The van der Waals surface area contributed by atoms with E-state index in [0.717, 1.165) is 11.2 Å². The molecule has 2 aromatic carbocycles. The van der Waals surface area contributed by atoms with Gasteiger partial charge in [-0.15, -0.1) is 22.7 Å². The minimum absolute atomic E-state index is 1.05. The van der Waals surface area contributed by atoms with E-state index in [4.69, 9.17) is 0 Å². The van der Waals surface area contributed by atoms with E-state index in [-0.39, 0.29) is 0 Å². The highest BCUT2D eigenvalue weighted by Gasteiger charge is 2.14. The van der Waals surface area contributed by atoms with Gasteiger partial charge < -0.3 is 0 Å². The van der Waals surface area contributed by atoms with Crippen molar-refractivity contribution in [3.8, 4) is 10.6 Å². The number of hydrogen-bond acceptors (Lipinski definition) is 4. The number of thiophene rings is 2. The van der Waals surface area contributed by atoms with Crippen LogP contribution in [-0.2, 0) is 0 Å². The van der Waals surface area contributed by atoms with Crippen molar-refractivity contribution in [2.45, 2.75) is 6.92 Å². The summed E-state index contributed by atoms with van der Waals surface area (Å²) in [6.07, 6.45) is 1.69. The van der Waals surface area contributed by atoms with Crippen LogP contribution in [0.4, 0.5) is 0 Å². The lowest BCUT2D eigenvalue weighted by molar-refractivity contribution is 1.24. The van der Waals surface area contributed by atoms with E-state index < -0.39 is 0 Å². The Labute approximate surface area is 141 Å². The van der Waals surface area contributed by atoms with Crippen LogP contribution < -0.4 is 0 Å². The predicted octanol–water partition coefficient (Wildman–Crippen LogP) is 6.03. The molecule has 0 unspecified atom stereocenters. The number of hydrogen-bond donors (Lipinski definition) is 0. The van der Waals surface area contributed by atoms with E-state index >= 15 is 0 Å². The molecule has 110 valence electrons. The molecule has 5 rings (SSSR count). The van der Waals surface area contributed by atoms with Crippen LogP contribution in [0.5, 0.6) is 0 Å². The van der Waals surface area contributed by atoms with Gasteiger partial charge in [0, 0.05) is 10.1 Å². The maximum absolute atomic E-state index is 4.57.